The van der Waals surface area contributed by atoms with Gasteiger partial charge in [-0.15, -0.1) is 0 Å². The Labute approximate surface area is 112 Å². The zero-order valence-electron chi connectivity index (χ0n) is 9.06. The van der Waals surface area contributed by atoms with Crippen LogP contribution in [0.3, 0.4) is 0 Å². The standard InChI is InChI=1S/C11H14NO3.HI/c1-2-15-11(14)8-10(13)9-12-6-4-3-5-7-12;/h3-7H,2,8-9H2,1H3;1H/q+1;/p-1. The van der Waals surface area contributed by atoms with E-state index in [2.05, 4.69) is 4.74 Å². The molecule has 5 heteroatoms. The van der Waals surface area contributed by atoms with Crippen LogP contribution in [0.15, 0.2) is 30.6 Å². The quantitative estimate of drug-likeness (QED) is 0.259. The Morgan fingerprint density at radius 1 is 1.19 bits per heavy atom. The SMILES string of the molecule is CCOC(=O)CC(=O)C[n+]1ccccc1.[I-]. The van der Waals surface area contributed by atoms with Crippen LogP contribution in [0.2, 0.25) is 0 Å². The zero-order valence-corrected chi connectivity index (χ0v) is 11.2. The highest BCUT2D eigenvalue weighted by Gasteiger charge is 2.14. The lowest BCUT2D eigenvalue weighted by molar-refractivity contribution is -0.684. The van der Waals surface area contributed by atoms with Gasteiger partial charge >= 0.3 is 5.97 Å². The Kier molecular flexibility index (Phi) is 7.70. The number of halogens is 1. The van der Waals surface area contributed by atoms with Crippen molar-refractivity contribution in [2.45, 2.75) is 19.9 Å². The maximum absolute atomic E-state index is 11.4. The number of carbonyl (C=O) groups excluding carboxylic acids is 2. The van der Waals surface area contributed by atoms with Gasteiger partial charge in [0.15, 0.2) is 12.4 Å². The normalized spacial score (nSPS) is 9.06. The summed E-state index contributed by atoms with van der Waals surface area (Å²) in [5.74, 6) is -0.608. The first-order chi connectivity index (χ1) is 7.22. The average Bonchev–Trinajstić information content (AvgIpc) is 2.19. The fourth-order valence-electron chi connectivity index (χ4n) is 1.17. The molecule has 0 aliphatic carbocycles. The number of pyridine rings is 1. The summed E-state index contributed by atoms with van der Waals surface area (Å²) in [6.45, 7) is 2.23. The van der Waals surface area contributed by atoms with Crippen molar-refractivity contribution in [3.05, 3.63) is 30.6 Å². The molecule has 0 atom stereocenters. The molecule has 0 spiro atoms. The van der Waals surface area contributed by atoms with E-state index < -0.39 is 5.97 Å². The molecule has 0 unspecified atom stereocenters. The van der Waals surface area contributed by atoms with Gasteiger partial charge in [0.05, 0.1) is 6.61 Å². The van der Waals surface area contributed by atoms with Crippen molar-refractivity contribution in [1.82, 2.24) is 0 Å². The predicted octanol–water partition coefficient (Wildman–Crippen LogP) is -2.50. The molecule has 88 valence electrons. The van der Waals surface area contributed by atoms with Gasteiger partial charge in [-0.05, 0) is 6.92 Å². The maximum atomic E-state index is 11.4. The summed E-state index contributed by atoms with van der Waals surface area (Å²) in [7, 11) is 0. The second-order valence-electron chi connectivity index (χ2n) is 3.07. The molecule has 0 N–H and O–H groups in total. The first-order valence-electron chi connectivity index (χ1n) is 4.83. The minimum absolute atomic E-state index is 0. The second kappa shape index (κ2) is 8.20. The monoisotopic (exact) mass is 335 g/mol. The minimum atomic E-state index is -0.459. The van der Waals surface area contributed by atoms with Gasteiger partial charge < -0.3 is 28.7 Å². The number of carbonyl (C=O) groups is 2. The largest absolute Gasteiger partial charge is 1.00 e. The lowest BCUT2D eigenvalue weighted by atomic mass is 10.3. The van der Waals surface area contributed by atoms with E-state index in [1.54, 1.807) is 23.9 Å². The number of rotatable bonds is 5. The van der Waals surface area contributed by atoms with Crippen molar-refractivity contribution in [2.24, 2.45) is 0 Å². The van der Waals surface area contributed by atoms with Crippen LogP contribution in [-0.4, -0.2) is 18.4 Å². The molecule has 4 nitrogen and oxygen atoms in total. The molecule has 1 aromatic rings. The van der Waals surface area contributed by atoms with Gasteiger partial charge in [0.1, 0.15) is 6.42 Å². The van der Waals surface area contributed by atoms with Crippen molar-refractivity contribution in [1.29, 1.82) is 0 Å². The van der Waals surface area contributed by atoms with Crippen molar-refractivity contribution < 1.29 is 42.9 Å². The van der Waals surface area contributed by atoms with Gasteiger partial charge in [0, 0.05) is 12.1 Å². The molecule has 1 aromatic heterocycles. The van der Waals surface area contributed by atoms with E-state index in [1.165, 1.54) is 0 Å². The molecule has 0 fully saturated rings. The van der Waals surface area contributed by atoms with Crippen molar-refractivity contribution >= 4 is 11.8 Å². The third-order valence-electron chi connectivity index (χ3n) is 1.78. The van der Waals surface area contributed by atoms with Crippen LogP contribution in [0.25, 0.3) is 0 Å². The van der Waals surface area contributed by atoms with Crippen LogP contribution in [0.5, 0.6) is 0 Å². The van der Waals surface area contributed by atoms with Crippen LogP contribution in [0.1, 0.15) is 13.3 Å². The van der Waals surface area contributed by atoms with E-state index in [0.29, 0.717) is 6.61 Å². The lowest BCUT2D eigenvalue weighted by Crippen LogP contribution is -3.00. The van der Waals surface area contributed by atoms with Crippen molar-refractivity contribution in [3.8, 4) is 0 Å². The number of esters is 1. The molecule has 0 aliphatic rings. The van der Waals surface area contributed by atoms with E-state index in [4.69, 9.17) is 0 Å². The van der Waals surface area contributed by atoms with E-state index in [-0.39, 0.29) is 42.7 Å². The average molecular weight is 335 g/mol. The zero-order chi connectivity index (χ0) is 11.1. The summed E-state index contributed by atoms with van der Waals surface area (Å²) in [5.41, 5.74) is 0. The highest BCUT2D eigenvalue weighted by Crippen LogP contribution is 1.89. The highest BCUT2D eigenvalue weighted by atomic mass is 127. The number of nitrogens with zero attached hydrogens (tertiary/aromatic N) is 1. The summed E-state index contributed by atoms with van der Waals surface area (Å²) < 4.78 is 6.40. The smallest absolute Gasteiger partial charge is 0.313 e. The van der Waals surface area contributed by atoms with E-state index in [9.17, 15) is 9.59 Å². The Hall–Kier alpha value is -0.980. The Bertz CT molecular complexity index is 340. The van der Waals surface area contributed by atoms with Gasteiger partial charge in [-0.3, -0.25) is 9.59 Å². The third-order valence-corrected chi connectivity index (χ3v) is 1.78. The van der Waals surface area contributed by atoms with Gasteiger partial charge in [-0.1, -0.05) is 6.07 Å². The fraction of sp³-hybridized carbons (Fsp3) is 0.364. The van der Waals surface area contributed by atoms with Crippen molar-refractivity contribution in [3.63, 3.8) is 0 Å². The Morgan fingerprint density at radius 3 is 2.38 bits per heavy atom. The predicted molar refractivity (Wildman–Crippen MR) is 52.9 cm³/mol. The number of hydrogen-bond acceptors (Lipinski definition) is 3. The third kappa shape index (κ3) is 5.79. The molecule has 0 saturated heterocycles. The summed E-state index contributed by atoms with van der Waals surface area (Å²) in [5, 5.41) is 0. The van der Waals surface area contributed by atoms with Crippen LogP contribution < -0.4 is 28.5 Å². The molecule has 0 saturated carbocycles. The Balaban J connectivity index is 0.00000225. The summed E-state index contributed by atoms with van der Waals surface area (Å²) in [6.07, 6.45) is 3.40. The van der Waals surface area contributed by atoms with E-state index >= 15 is 0 Å². The minimum Gasteiger partial charge on any atom is -1.00 e. The number of Topliss-reactive ketones (excluding diaryl/α,β-unsaturated/α-hetero) is 1. The van der Waals surface area contributed by atoms with Crippen molar-refractivity contribution in [2.75, 3.05) is 6.61 Å². The molecule has 0 aliphatic heterocycles. The second-order valence-corrected chi connectivity index (χ2v) is 3.07. The highest BCUT2D eigenvalue weighted by molar-refractivity contribution is 5.94. The Morgan fingerprint density at radius 2 is 1.81 bits per heavy atom. The molecule has 16 heavy (non-hydrogen) atoms. The topological polar surface area (TPSA) is 47.3 Å². The molecular formula is C11H14INO3. The van der Waals surface area contributed by atoms with Crippen LogP contribution in [0, 0.1) is 0 Å². The number of ketones is 1. The molecule has 1 heterocycles. The summed E-state index contributed by atoms with van der Waals surface area (Å²) in [4.78, 5) is 22.4. The van der Waals surface area contributed by atoms with Crippen LogP contribution in [-0.2, 0) is 20.9 Å². The first kappa shape index (κ1) is 15.0. The summed E-state index contributed by atoms with van der Waals surface area (Å²) in [6, 6.07) is 5.53. The molecule has 0 bridgehead atoms. The maximum Gasteiger partial charge on any atom is 0.313 e. The number of aromatic nitrogens is 1. The molecule has 0 radical (unpaired) electrons. The molecule has 0 aromatic carbocycles. The molecule has 1 rings (SSSR count). The van der Waals surface area contributed by atoms with Crippen LogP contribution >= 0.6 is 0 Å². The van der Waals surface area contributed by atoms with E-state index in [0.717, 1.165) is 0 Å². The first-order valence-corrected chi connectivity index (χ1v) is 4.83. The molecule has 0 amide bonds. The molecular weight excluding hydrogens is 321 g/mol. The van der Waals surface area contributed by atoms with Gasteiger partial charge in [0.2, 0.25) is 12.3 Å². The number of ether oxygens (including phenoxy) is 1. The lowest BCUT2D eigenvalue weighted by Gasteiger charge is -1.99. The van der Waals surface area contributed by atoms with E-state index in [1.807, 2.05) is 18.2 Å². The van der Waals surface area contributed by atoms with Crippen LogP contribution in [0.4, 0.5) is 0 Å². The fourth-order valence-corrected chi connectivity index (χ4v) is 1.17. The van der Waals surface area contributed by atoms with Gasteiger partial charge in [0.25, 0.3) is 0 Å². The van der Waals surface area contributed by atoms with Gasteiger partial charge in [-0.2, -0.15) is 4.57 Å². The number of hydrogen-bond donors (Lipinski definition) is 0. The summed E-state index contributed by atoms with van der Waals surface area (Å²) >= 11 is 0. The van der Waals surface area contributed by atoms with Gasteiger partial charge in [-0.25, -0.2) is 0 Å².